The largest absolute Gasteiger partial charge is 0.375 e. The van der Waals surface area contributed by atoms with Crippen molar-refractivity contribution in [3.05, 3.63) is 71.8 Å². The maximum absolute atomic E-state index is 12.5. The highest BCUT2D eigenvalue weighted by atomic mass is 32.1. The number of hydrogen-bond acceptors (Lipinski definition) is 9. The van der Waals surface area contributed by atoms with Gasteiger partial charge in [-0.25, -0.2) is 24.9 Å². The van der Waals surface area contributed by atoms with Gasteiger partial charge in [0.05, 0.1) is 11.7 Å². The van der Waals surface area contributed by atoms with Crippen LogP contribution >= 0.6 is 11.3 Å². The van der Waals surface area contributed by atoms with Crippen molar-refractivity contribution in [2.45, 2.75) is 25.0 Å². The predicted molar refractivity (Wildman–Crippen MR) is 129 cm³/mol. The van der Waals surface area contributed by atoms with E-state index in [1.165, 1.54) is 11.3 Å². The van der Waals surface area contributed by atoms with Crippen LogP contribution in [0.25, 0.3) is 22.0 Å². The number of aromatic nitrogens is 5. The number of hydrogen-bond donors (Lipinski definition) is 2. The van der Waals surface area contributed by atoms with Gasteiger partial charge in [-0.2, -0.15) is 0 Å². The molecule has 1 aromatic carbocycles. The molecule has 1 aliphatic rings. The lowest BCUT2D eigenvalue weighted by Crippen LogP contribution is -2.36. The Morgan fingerprint density at radius 3 is 2.68 bits per heavy atom. The summed E-state index contributed by atoms with van der Waals surface area (Å²) in [5, 5.41) is 16.9. The van der Waals surface area contributed by atoms with Crippen LogP contribution in [0.1, 0.15) is 30.8 Å². The van der Waals surface area contributed by atoms with Crippen LogP contribution in [0.2, 0.25) is 0 Å². The maximum Gasteiger partial charge on any atom is 0.258 e. The van der Waals surface area contributed by atoms with Gasteiger partial charge in [-0.3, -0.25) is 4.79 Å². The molecule has 4 heterocycles. The molecule has 34 heavy (non-hydrogen) atoms. The fraction of sp³-hybridized carbons (Fsp3) is 0.250. The Bertz CT molecular complexity index is 1330. The molecule has 10 heteroatoms. The molecule has 1 fully saturated rings. The highest BCUT2D eigenvalue weighted by Crippen LogP contribution is 2.36. The minimum absolute atomic E-state index is 0.159. The molecule has 2 N–H and O–H groups in total. The van der Waals surface area contributed by atoms with Crippen LogP contribution in [0.5, 0.6) is 0 Å². The number of likely N-dealkylation sites (N-methyl/N-ethyl adjacent to an activating group) is 1. The van der Waals surface area contributed by atoms with Crippen LogP contribution in [-0.2, 0) is 10.4 Å². The Hall–Kier alpha value is -3.76. The summed E-state index contributed by atoms with van der Waals surface area (Å²) in [6, 6.07) is 10.8. The van der Waals surface area contributed by atoms with E-state index in [1.807, 2.05) is 30.5 Å². The number of aliphatic hydroxyl groups is 1. The fourth-order valence-corrected chi connectivity index (χ4v) is 4.73. The smallest absolute Gasteiger partial charge is 0.258 e. The first-order valence-electron chi connectivity index (χ1n) is 10.9. The summed E-state index contributed by atoms with van der Waals surface area (Å²) >= 11 is 1.48. The molecule has 0 aliphatic carbocycles. The Balaban J connectivity index is 1.38. The zero-order valence-electron chi connectivity index (χ0n) is 18.7. The SMILES string of the molecule is CC(Nc1nccc(-c2csc(-c3cccc([C@]4(O)CCN(C)C4=O)c3)n2)n1)c1ncccn1. The molecule has 1 amide bonds. The second kappa shape index (κ2) is 8.88. The van der Waals surface area contributed by atoms with Crippen molar-refractivity contribution in [3.63, 3.8) is 0 Å². The number of carbonyl (C=O) groups is 1. The van der Waals surface area contributed by atoms with E-state index in [0.717, 1.165) is 16.3 Å². The number of thiazole rings is 1. The van der Waals surface area contributed by atoms with Crippen molar-refractivity contribution in [1.82, 2.24) is 29.8 Å². The van der Waals surface area contributed by atoms with Gasteiger partial charge < -0.3 is 15.3 Å². The summed E-state index contributed by atoms with van der Waals surface area (Å²) in [4.78, 5) is 36.2. The van der Waals surface area contributed by atoms with Crippen LogP contribution < -0.4 is 5.32 Å². The van der Waals surface area contributed by atoms with E-state index in [4.69, 9.17) is 4.98 Å². The summed E-state index contributed by atoms with van der Waals surface area (Å²) in [6.07, 6.45) is 5.45. The molecule has 2 atom stereocenters. The molecule has 5 rings (SSSR count). The van der Waals surface area contributed by atoms with Crippen molar-refractivity contribution in [1.29, 1.82) is 0 Å². The predicted octanol–water partition coefficient (Wildman–Crippen LogP) is 3.28. The molecule has 1 saturated heterocycles. The number of nitrogens with one attached hydrogen (secondary N) is 1. The normalized spacial score (nSPS) is 18.8. The van der Waals surface area contributed by atoms with Gasteiger partial charge >= 0.3 is 0 Å². The lowest BCUT2D eigenvalue weighted by molar-refractivity contribution is -0.143. The van der Waals surface area contributed by atoms with Gasteiger partial charge in [0.1, 0.15) is 16.5 Å². The lowest BCUT2D eigenvalue weighted by atomic mass is 9.91. The number of anilines is 1. The molecule has 1 unspecified atom stereocenters. The van der Waals surface area contributed by atoms with Gasteiger partial charge in [-0.1, -0.05) is 18.2 Å². The summed E-state index contributed by atoms with van der Waals surface area (Å²) in [5.41, 5.74) is 1.34. The molecule has 0 spiro atoms. The van der Waals surface area contributed by atoms with Gasteiger partial charge in [0.15, 0.2) is 5.60 Å². The van der Waals surface area contributed by atoms with Crippen LogP contribution in [0.15, 0.2) is 60.4 Å². The highest BCUT2D eigenvalue weighted by molar-refractivity contribution is 7.13. The number of rotatable bonds is 6. The standard InChI is InChI=1S/C24H23N7O2S/c1-15(20-25-9-4-10-26-20)28-23-27-11-7-18(30-23)19-14-34-21(29-19)16-5-3-6-17(13-16)24(33)8-12-31(2)22(24)32/h3-7,9-11,13-15,33H,8,12H2,1-2H3,(H,27,28,30)/t15?,24-/m1/s1. The van der Waals surface area contributed by atoms with Gasteiger partial charge in [0.2, 0.25) is 5.95 Å². The minimum Gasteiger partial charge on any atom is -0.375 e. The molecular formula is C24H23N7O2S. The van der Waals surface area contributed by atoms with Crippen molar-refractivity contribution < 1.29 is 9.90 Å². The quantitative estimate of drug-likeness (QED) is 0.438. The van der Waals surface area contributed by atoms with Gasteiger partial charge in [-0.05, 0) is 30.7 Å². The van der Waals surface area contributed by atoms with Gasteiger partial charge in [0, 0.05) is 49.5 Å². The molecule has 1 aliphatic heterocycles. The summed E-state index contributed by atoms with van der Waals surface area (Å²) in [7, 11) is 1.70. The van der Waals surface area contributed by atoms with Crippen molar-refractivity contribution in [2.24, 2.45) is 0 Å². The minimum atomic E-state index is -1.49. The molecule has 3 aromatic heterocycles. The van der Waals surface area contributed by atoms with E-state index >= 15 is 0 Å². The maximum atomic E-state index is 12.5. The molecule has 0 saturated carbocycles. The Kier molecular flexibility index (Phi) is 5.76. The van der Waals surface area contributed by atoms with Gasteiger partial charge in [0.25, 0.3) is 5.91 Å². The second-order valence-corrected chi connectivity index (χ2v) is 9.05. The van der Waals surface area contributed by atoms with E-state index in [1.54, 1.807) is 48.7 Å². The van der Waals surface area contributed by atoms with Crippen molar-refractivity contribution in [3.8, 4) is 22.0 Å². The number of amides is 1. The summed E-state index contributed by atoms with van der Waals surface area (Å²) in [5.74, 6) is 0.835. The zero-order chi connectivity index (χ0) is 23.7. The Morgan fingerprint density at radius 2 is 1.91 bits per heavy atom. The number of nitrogens with zero attached hydrogens (tertiary/aromatic N) is 6. The van der Waals surface area contributed by atoms with E-state index < -0.39 is 5.60 Å². The molecule has 0 radical (unpaired) electrons. The monoisotopic (exact) mass is 473 g/mol. The Morgan fingerprint density at radius 1 is 1.09 bits per heavy atom. The van der Waals surface area contributed by atoms with Crippen LogP contribution in [0.3, 0.4) is 0 Å². The molecular weight excluding hydrogens is 450 g/mol. The third-order valence-corrected chi connectivity index (χ3v) is 6.73. The van der Waals surface area contributed by atoms with Crippen molar-refractivity contribution in [2.75, 3.05) is 18.9 Å². The molecule has 9 nitrogen and oxygen atoms in total. The molecule has 172 valence electrons. The highest BCUT2D eigenvalue weighted by Gasteiger charge is 2.45. The first-order valence-corrected chi connectivity index (χ1v) is 11.7. The second-order valence-electron chi connectivity index (χ2n) is 8.19. The third kappa shape index (κ3) is 4.13. The first kappa shape index (κ1) is 22.1. The van der Waals surface area contributed by atoms with Crippen LogP contribution in [-0.4, -0.2) is 54.4 Å². The van der Waals surface area contributed by atoms with E-state index in [2.05, 4.69) is 25.3 Å². The number of benzene rings is 1. The fourth-order valence-electron chi connectivity index (χ4n) is 3.92. The van der Waals surface area contributed by atoms with E-state index in [-0.39, 0.29) is 11.9 Å². The van der Waals surface area contributed by atoms with Crippen LogP contribution in [0, 0.1) is 0 Å². The van der Waals surface area contributed by atoms with Crippen molar-refractivity contribution >= 4 is 23.2 Å². The zero-order valence-corrected chi connectivity index (χ0v) is 19.5. The third-order valence-electron chi connectivity index (χ3n) is 5.84. The molecule has 0 bridgehead atoms. The van der Waals surface area contributed by atoms with E-state index in [9.17, 15) is 9.90 Å². The lowest BCUT2D eigenvalue weighted by Gasteiger charge is -2.21. The molecule has 4 aromatic rings. The summed E-state index contributed by atoms with van der Waals surface area (Å²) in [6.45, 7) is 2.47. The van der Waals surface area contributed by atoms with E-state index in [0.29, 0.717) is 36.0 Å². The summed E-state index contributed by atoms with van der Waals surface area (Å²) < 4.78 is 0. The van der Waals surface area contributed by atoms with Crippen LogP contribution in [0.4, 0.5) is 5.95 Å². The average molecular weight is 474 g/mol. The Labute approximate surface area is 200 Å². The average Bonchev–Trinajstić information content (AvgIpc) is 3.47. The van der Waals surface area contributed by atoms with Gasteiger partial charge in [-0.15, -0.1) is 11.3 Å². The topological polar surface area (TPSA) is 117 Å². The number of carbonyl (C=O) groups excluding carboxylic acids is 1. The number of likely N-dealkylation sites (tertiary alicyclic amines) is 1. The first-order chi connectivity index (χ1) is 16.4.